The number of nitrogens with zero attached hydrogens (tertiary/aromatic N) is 1. The Morgan fingerprint density at radius 3 is 2.26 bits per heavy atom. The zero-order valence-electron chi connectivity index (χ0n) is 16.8. The monoisotopic (exact) mass is 377 g/mol. The summed E-state index contributed by atoms with van der Waals surface area (Å²) in [6.07, 6.45) is 4.53. The Hall–Kier alpha value is -2.24. The number of hydrogen-bond donors (Lipinski definition) is 0. The van der Waals surface area contributed by atoms with Gasteiger partial charge in [0.05, 0.1) is 27.2 Å². The lowest BCUT2D eigenvalue weighted by atomic mass is 9.84. The molecule has 1 aliphatic rings. The van der Waals surface area contributed by atoms with Crippen molar-refractivity contribution < 1.29 is 23.8 Å². The second-order valence-corrected chi connectivity index (χ2v) is 6.98. The standard InChI is InChI=1S/C21H31NO5/c1-5-27-20(23)10-11-22(19-9-7-6-8-15(19)2)21(24)16-12-17(25-3)14-18(13-16)26-4/h12-15,19H,5-11H2,1-4H3. The highest BCUT2D eigenvalue weighted by Gasteiger charge is 2.31. The average Bonchev–Trinajstić information content (AvgIpc) is 2.68. The van der Waals surface area contributed by atoms with E-state index in [1.165, 1.54) is 6.42 Å². The van der Waals surface area contributed by atoms with Crippen molar-refractivity contribution in [2.45, 2.75) is 52.0 Å². The van der Waals surface area contributed by atoms with Crippen LogP contribution in [0.4, 0.5) is 0 Å². The van der Waals surface area contributed by atoms with E-state index in [1.54, 1.807) is 39.3 Å². The number of carbonyl (C=O) groups excluding carboxylic acids is 2. The molecule has 0 heterocycles. The van der Waals surface area contributed by atoms with Gasteiger partial charge in [-0.15, -0.1) is 0 Å². The fraction of sp³-hybridized carbons (Fsp3) is 0.619. The van der Waals surface area contributed by atoms with Crippen molar-refractivity contribution in [3.63, 3.8) is 0 Å². The number of benzene rings is 1. The summed E-state index contributed by atoms with van der Waals surface area (Å²) in [5.74, 6) is 1.16. The molecule has 0 aromatic heterocycles. The predicted molar refractivity (Wildman–Crippen MR) is 103 cm³/mol. The summed E-state index contributed by atoms with van der Waals surface area (Å²) in [5, 5.41) is 0. The Kier molecular flexibility index (Phi) is 7.95. The zero-order valence-corrected chi connectivity index (χ0v) is 16.8. The lowest BCUT2D eigenvalue weighted by molar-refractivity contribution is -0.143. The molecule has 2 rings (SSSR count). The number of hydrogen-bond acceptors (Lipinski definition) is 5. The van der Waals surface area contributed by atoms with E-state index >= 15 is 0 Å². The van der Waals surface area contributed by atoms with Gasteiger partial charge in [-0.1, -0.05) is 19.8 Å². The number of methoxy groups -OCH3 is 2. The van der Waals surface area contributed by atoms with Crippen LogP contribution in [-0.2, 0) is 9.53 Å². The first-order valence-electron chi connectivity index (χ1n) is 9.69. The van der Waals surface area contributed by atoms with Gasteiger partial charge < -0.3 is 19.1 Å². The fourth-order valence-corrected chi connectivity index (χ4v) is 3.72. The summed E-state index contributed by atoms with van der Waals surface area (Å²) in [7, 11) is 3.12. The molecule has 0 saturated heterocycles. The summed E-state index contributed by atoms with van der Waals surface area (Å²) in [6.45, 7) is 4.67. The third-order valence-electron chi connectivity index (χ3n) is 5.19. The Labute approximate surface area is 161 Å². The van der Waals surface area contributed by atoms with Crippen LogP contribution < -0.4 is 9.47 Å². The van der Waals surface area contributed by atoms with Crippen molar-refractivity contribution in [2.24, 2.45) is 5.92 Å². The van der Waals surface area contributed by atoms with Crippen LogP contribution in [0.25, 0.3) is 0 Å². The molecule has 1 fully saturated rings. The first kappa shape index (κ1) is 21.1. The molecule has 27 heavy (non-hydrogen) atoms. The molecule has 0 N–H and O–H groups in total. The molecule has 1 aliphatic carbocycles. The van der Waals surface area contributed by atoms with Gasteiger partial charge >= 0.3 is 5.97 Å². The van der Waals surface area contributed by atoms with E-state index in [9.17, 15) is 9.59 Å². The number of ether oxygens (including phenoxy) is 3. The molecule has 150 valence electrons. The first-order chi connectivity index (χ1) is 13.0. The van der Waals surface area contributed by atoms with Crippen LogP contribution in [0.3, 0.4) is 0 Å². The molecular weight excluding hydrogens is 346 g/mol. The van der Waals surface area contributed by atoms with Crippen molar-refractivity contribution in [2.75, 3.05) is 27.4 Å². The molecule has 1 saturated carbocycles. The molecule has 6 heteroatoms. The highest BCUT2D eigenvalue weighted by atomic mass is 16.5. The summed E-state index contributed by atoms with van der Waals surface area (Å²) >= 11 is 0. The average molecular weight is 377 g/mol. The first-order valence-corrected chi connectivity index (χ1v) is 9.69. The normalized spacial score (nSPS) is 19.3. The van der Waals surface area contributed by atoms with Crippen LogP contribution in [-0.4, -0.2) is 50.2 Å². The summed E-state index contributed by atoms with van der Waals surface area (Å²) in [4.78, 5) is 27.1. The van der Waals surface area contributed by atoms with Crippen molar-refractivity contribution >= 4 is 11.9 Å². The van der Waals surface area contributed by atoms with Crippen LogP contribution in [0, 0.1) is 5.92 Å². The summed E-state index contributed by atoms with van der Waals surface area (Å²) in [6, 6.07) is 5.30. The number of amides is 1. The topological polar surface area (TPSA) is 65.1 Å². The molecule has 0 bridgehead atoms. The van der Waals surface area contributed by atoms with Crippen molar-refractivity contribution in [3.05, 3.63) is 23.8 Å². The number of carbonyl (C=O) groups is 2. The van der Waals surface area contributed by atoms with Crippen molar-refractivity contribution in [3.8, 4) is 11.5 Å². The highest BCUT2D eigenvalue weighted by molar-refractivity contribution is 5.95. The second kappa shape index (κ2) is 10.2. The van der Waals surface area contributed by atoms with E-state index in [0.717, 1.165) is 19.3 Å². The SMILES string of the molecule is CCOC(=O)CCN(C(=O)c1cc(OC)cc(OC)c1)C1CCCCC1C. The van der Waals surface area contributed by atoms with E-state index in [1.807, 2.05) is 4.90 Å². The molecule has 1 aromatic rings. The van der Waals surface area contributed by atoms with Crippen LogP contribution in [0.1, 0.15) is 56.3 Å². The van der Waals surface area contributed by atoms with Crippen LogP contribution in [0.2, 0.25) is 0 Å². The Bertz CT molecular complexity index is 623. The smallest absolute Gasteiger partial charge is 0.307 e. The molecule has 6 nitrogen and oxygen atoms in total. The lowest BCUT2D eigenvalue weighted by Crippen LogP contribution is -2.46. The van der Waals surface area contributed by atoms with E-state index in [0.29, 0.717) is 36.1 Å². The van der Waals surface area contributed by atoms with Gasteiger partial charge in [0.2, 0.25) is 0 Å². The fourth-order valence-electron chi connectivity index (χ4n) is 3.72. The van der Waals surface area contributed by atoms with Gasteiger partial charge in [-0.2, -0.15) is 0 Å². The minimum Gasteiger partial charge on any atom is -0.497 e. The minimum atomic E-state index is -0.276. The number of esters is 1. The van der Waals surface area contributed by atoms with E-state index in [-0.39, 0.29) is 24.3 Å². The van der Waals surface area contributed by atoms with E-state index < -0.39 is 0 Å². The second-order valence-electron chi connectivity index (χ2n) is 6.98. The molecule has 1 aromatic carbocycles. The maximum atomic E-state index is 13.4. The molecule has 2 unspecified atom stereocenters. The molecular formula is C21H31NO5. The Morgan fingerprint density at radius 2 is 1.70 bits per heavy atom. The molecule has 0 radical (unpaired) electrons. The Balaban J connectivity index is 2.28. The largest absolute Gasteiger partial charge is 0.497 e. The minimum absolute atomic E-state index is 0.102. The van der Waals surface area contributed by atoms with Gasteiger partial charge in [0, 0.05) is 24.2 Å². The van der Waals surface area contributed by atoms with Crippen molar-refractivity contribution in [1.82, 2.24) is 4.90 Å². The van der Waals surface area contributed by atoms with E-state index in [4.69, 9.17) is 14.2 Å². The third-order valence-corrected chi connectivity index (χ3v) is 5.19. The van der Waals surface area contributed by atoms with Gasteiger partial charge in [-0.3, -0.25) is 9.59 Å². The number of rotatable bonds is 8. The quantitative estimate of drug-likeness (QED) is 0.647. The Morgan fingerprint density at radius 1 is 1.07 bits per heavy atom. The van der Waals surface area contributed by atoms with Crippen LogP contribution >= 0.6 is 0 Å². The van der Waals surface area contributed by atoms with Gasteiger partial charge in [0.25, 0.3) is 5.91 Å². The maximum absolute atomic E-state index is 13.4. The van der Waals surface area contributed by atoms with Gasteiger partial charge in [0.15, 0.2) is 0 Å². The van der Waals surface area contributed by atoms with Crippen molar-refractivity contribution in [1.29, 1.82) is 0 Å². The molecule has 0 aliphatic heterocycles. The summed E-state index contributed by atoms with van der Waals surface area (Å²) in [5.41, 5.74) is 0.507. The lowest BCUT2D eigenvalue weighted by Gasteiger charge is -2.38. The summed E-state index contributed by atoms with van der Waals surface area (Å²) < 4.78 is 15.6. The molecule has 1 amide bonds. The van der Waals surface area contributed by atoms with E-state index in [2.05, 4.69) is 6.92 Å². The zero-order chi connectivity index (χ0) is 19.8. The maximum Gasteiger partial charge on any atom is 0.307 e. The van der Waals surface area contributed by atoms with Gasteiger partial charge in [-0.25, -0.2) is 0 Å². The predicted octanol–water partition coefficient (Wildman–Crippen LogP) is 3.68. The highest BCUT2D eigenvalue weighted by Crippen LogP contribution is 2.31. The van der Waals surface area contributed by atoms with Gasteiger partial charge in [-0.05, 0) is 37.8 Å². The van der Waals surface area contributed by atoms with Gasteiger partial charge in [0.1, 0.15) is 11.5 Å². The van der Waals surface area contributed by atoms with Crippen LogP contribution in [0.5, 0.6) is 11.5 Å². The molecule has 0 spiro atoms. The molecule has 2 atom stereocenters. The van der Waals surface area contributed by atoms with Crippen LogP contribution in [0.15, 0.2) is 18.2 Å². The third kappa shape index (κ3) is 5.62.